The molecule has 0 amide bonds. The van der Waals surface area contributed by atoms with E-state index < -0.39 is 23.8 Å². The summed E-state index contributed by atoms with van der Waals surface area (Å²) in [5.74, 6) is 6.07. The number of hydrogen-bond acceptors (Lipinski definition) is 9. The predicted octanol–water partition coefficient (Wildman–Crippen LogP) is 1.48. The van der Waals surface area contributed by atoms with Crippen LogP contribution in [0.2, 0.25) is 0 Å². The van der Waals surface area contributed by atoms with Crippen LogP contribution in [-0.4, -0.2) is 60.4 Å². The van der Waals surface area contributed by atoms with E-state index >= 15 is 0 Å². The summed E-state index contributed by atoms with van der Waals surface area (Å²) in [6, 6.07) is 5.71. The first-order valence-corrected chi connectivity index (χ1v) is 13.8. The van der Waals surface area contributed by atoms with Crippen molar-refractivity contribution >= 4 is 34.0 Å². The second-order valence-corrected chi connectivity index (χ2v) is 10.2. The van der Waals surface area contributed by atoms with Gasteiger partial charge in [-0.05, 0) is 52.2 Å². The van der Waals surface area contributed by atoms with Crippen LogP contribution < -0.4 is 21.9 Å². The third-order valence-corrected chi connectivity index (χ3v) is 7.30. The minimum Gasteiger partial charge on any atom is -0.465 e. The molecule has 0 saturated carbocycles. The van der Waals surface area contributed by atoms with Crippen LogP contribution in [0.25, 0.3) is 22.1 Å². The van der Waals surface area contributed by atoms with Gasteiger partial charge in [0.1, 0.15) is 12.4 Å². The van der Waals surface area contributed by atoms with Crippen molar-refractivity contribution in [2.45, 2.75) is 66.2 Å². The van der Waals surface area contributed by atoms with Crippen LogP contribution >= 0.6 is 0 Å². The van der Waals surface area contributed by atoms with Crippen LogP contribution in [0, 0.1) is 25.7 Å². The molecule has 12 nitrogen and oxygen atoms in total. The Hall–Kier alpha value is -4.50. The fourth-order valence-corrected chi connectivity index (χ4v) is 5.48. The van der Waals surface area contributed by atoms with Crippen LogP contribution in [0.1, 0.15) is 43.8 Å². The molecule has 0 aliphatic carbocycles. The maximum atomic E-state index is 14.1. The summed E-state index contributed by atoms with van der Waals surface area (Å²) < 4.78 is 9.11. The molecule has 4 heterocycles. The first-order valence-electron chi connectivity index (χ1n) is 13.8. The smallest absolute Gasteiger partial charge is 0.333 e. The number of fused-ring (bicyclic) bond motifs is 2. The number of carbonyl (C=O) groups is 1. The number of imidazole rings is 1. The molecule has 2 N–H and O–H groups in total. The van der Waals surface area contributed by atoms with Gasteiger partial charge in [-0.15, -0.1) is 5.92 Å². The highest BCUT2D eigenvalue weighted by Crippen LogP contribution is 2.24. The van der Waals surface area contributed by atoms with Crippen molar-refractivity contribution in [3.63, 3.8) is 0 Å². The fourth-order valence-electron chi connectivity index (χ4n) is 5.48. The Kier molecular flexibility index (Phi) is 7.90. The topological polar surface area (TPSA) is 143 Å². The number of hydrogen-bond donors (Lipinski definition) is 1. The van der Waals surface area contributed by atoms with Crippen LogP contribution in [0.3, 0.4) is 0 Å². The molecule has 1 aliphatic heterocycles. The highest BCUT2D eigenvalue weighted by Gasteiger charge is 2.28. The van der Waals surface area contributed by atoms with E-state index in [0.29, 0.717) is 24.9 Å². The first-order chi connectivity index (χ1) is 19.7. The Balaban J connectivity index is 1.75. The van der Waals surface area contributed by atoms with Crippen molar-refractivity contribution in [3.05, 3.63) is 56.1 Å². The third-order valence-electron chi connectivity index (χ3n) is 7.30. The monoisotopic (exact) mass is 558 g/mol. The summed E-state index contributed by atoms with van der Waals surface area (Å²) >= 11 is 0. The van der Waals surface area contributed by atoms with Gasteiger partial charge in [0, 0.05) is 30.2 Å². The van der Waals surface area contributed by atoms with E-state index in [2.05, 4.69) is 21.8 Å². The molecule has 0 bridgehead atoms. The number of piperidine rings is 1. The second kappa shape index (κ2) is 11.5. The van der Waals surface area contributed by atoms with E-state index in [0.717, 1.165) is 39.6 Å². The zero-order chi connectivity index (χ0) is 29.3. The fraction of sp³-hybridized carbons (Fsp3) is 0.448. The number of rotatable bonds is 7. The number of ether oxygens (including phenoxy) is 1. The van der Waals surface area contributed by atoms with Gasteiger partial charge < -0.3 is 15.4 Å². The van der Waals surface area contributed by atoms with Crippen molar-refractivity contribution in [1.82, 2.24) is 28.7 Å². The first kappa shape index (κ1) is 28.0. The van der Waals surface area contributed by atoms with Crippen LogP contribution in [-0.2, 0) is 29.2 Å². The molecule has 1 saturated heterocycles. The van der Waals surface area contributed by atoms with Gasteiger partial charge in [0.2, 0.25) is 5.95 Å². The number of aryl methyl sites for hydroxylation is 2. The lowest BCUT2D eigenvalue weighted by Gasteiger charge is -2.31. The standard InChI is InChI=1S/C29H34N8O4/c1-5-7-14-35-25-26(33-28(35)34-13-9-11-20(30)15-34)36(17-23(38)41-6-2)29(40)37(27(25)39)16-22-31-19(4)24-18(3)10-8-12-21(24)32-22/h8,10,12,20H,6,9,11,13-17,30H2,1-4H3. The number of anilines is 1. The Labute approximate surface area is 236 Å². The molecule has 214 valence electrons. The number of esters is 1. The zero-order valence-electron chi connectivity index (χ0n) is 23.8. The maximum Gasteiger partial charge on any atom is 0.333 e. The molecule has 3 aromatic heterocycles. The van der Waals surface area contributed by atoms with Crippen LogP contribution in [0.5, 0.6) is 0 Å². The van der Waals surface area contributed by atoms with Crippen molar-refractivity contribution in [3.8, 4) is 11.8 Å². The summed E-state index contributed by atoms with van der Waals surface area (Å²) in [6.07, 6.45) is 1.75. The van der Waals surface area contributed by atoms with Crippen molar-refractivity contribution in [1.29, 1.82) is 0 Å². The molecule has 1 aromatic carbocycles. The van der Waals surface area contributed by atoms with E-state index in [1.54, 1.807) is 18.4 Å². The van der Waals surface area contributed by atoms with E-state index in [1.165, 1.54) is 4.57 Å². The van der Waals surface area contributed by atoms with Gasteiger partial charge in [-0.3, -0.25) is 23.3 Å². The molecule has 41 heavy (non-hydrogen) atoms. The number of aromatic nitrogens is 6. The molecule has 4 aromatic rings. The normalized spacial score (nSPS) is 15.2. The molecule has 1 unspecified atom stereocenters. The molecule has 0 radical (unpaired) electrons. The van der Waals surface area contributed by atoms with Crippen molar-refractivity contribution in [2.24, 2.45) is 5.73 Å². The largest absolute Gasteiger partial charge is 0.465 e. The predicted molar refractivity (Wildman–Crippen MR) is 156 cm³/mol. The van der Waals surface area contributed by atoms with E-state index in [-0.39, 0.29) is 36.9 Å². The highest BCUT2D eigenvalue weighted by molar-refractivity contribution is 5.84. The third kappa shape index (κ3) is 5.32. The summed E-state index contributed by atoms with van der Waals surface area (Å²) in [6.45, 7) is 8.23. The molecule has 1 atom stereocenters. The molecular weight excluding hydrogens is 524 g/mol. The Bertz CT molecular complexity index is 1820. The van der Waals surface area contributed by atoms with Crippen LogP contribution in [0.4, 0.5) is 5.95 Å². The Morgan fingerprint density at radius 1 is 1.15 bits per heavy atom. The summed E-state index contributed by atoms with van der Waals surface area (Å²) in [7, 11) is 0. The lowest BCUT2D eigenvalue weighted by atomic mass is 10.1. The van der Waals surface area contributed by atoms with Crippen LogP contribution in [0.15, 0.2) is 27.8 Å². The van der Waals surface area contributed by atoms with Crippen molar-refractivity contribution in [2.75, 3.05) is 24.6 Å². The quantitative estimate of drug-likeness (QED) is 0.264. The molecule has 12 heteroatoms. The van der Waals surface area contributed by atoms with Gasteiger partial charge >= 0.3 is 11.7 Å². The Morgan fingerprint density at radius 3 is 2.68 bits per heavy atom. The lowest BCUT2D eigenvalue weighted by molar-refractivity contribution is -0.143. The van der Waals surface area contributed by atoms with Crippen molar-refractivity contribution < 1.29 is 9.53 Å². The summed E-state index contributed by atoms with van der Waals surface area (Å²) in [4.78, 5) is 56.6. The Morgan fingerprint density at radius 2 is 1.95 bits per heavy atom. The van der Waals surface area contributed by atoms with Gasteiger partial charge in [0.05, 0.1) is 25.2 Å². The van der Waals surface area contributed by atoms with E-state index in [4.69, 9.17) is 15.5 Å². The SMILES string of the molecule is CC#CCn1c(N2CCCC(N)C2)nc2c1c(=O)n(Cc1nc(C)c3c(C)cccc3n1)c(=O)n2CC(=O)OCC. The van der Waals surface area contributed by atoms with E-state index in [1.807, 2.05) is 36.9 Å². The maximum absolute atomic E-state index is 14.1. The molecule has 0 spiro atoms. The number of carbonyl (C=O) groups excluding carboxylic acids is 1. The lowest BCUT2D eigenvalue weighted by Crippen LogP contribution is -2.44. The van der Waals surface area contributed by atoms with Gasteiger partial charge in [-0.1, -0.05) is 18.1 Å². The van der Waals surface area contributed by atoms with Gasteiger partial charge in [0.25, 0.3) is 5.56 Å². The van der Waals surface area contributed by atoms with Gasteiger partial charge in [0.15, 0.2) is 11.2 Å². The second-order valence-electron chi connectivity index (χ2n) is 10.2. The minimum absolute atomic E-state index is 0.0513. The highest BCUT2D eigenvalue weighted by atomic mass is 16.5. The van der Waals surface area contributed by atoms with E-state index in [9.17, 15) is 14.4 Å². The molecule has 1 aliphatic rings. The summed E-state index contributed by atoms with van der Waals surface area (Å²) in [5.41, 5.74) is 7.77. The molecule has 5 rings (SSSR count). The number of nitrogens with zero attached hydrogens (tertiary/aromatic N) is 7. The minimum atomic E-state index is -0.700. The number of nitrogens with two attached hydrogens (primary N) is 1. The summed E-state index contributed by atoms with van der Waals surface area (Å²) in [5, 5.41) is 0.930. The van der Waals surface area contributed by atoms with Gasteiger partial charge in [-0.2, -0.15) is 4.98 Å². The average molecular weight is 559 g/mol. The van der Waals surface area contributed by atoms with Gasteiger partial charge in [-0.25, -0.2) is 14.8 Å². The number of benzene rings is 1. The average Bonchev–Trinajstić information content (AvgIpc) is 3.32. The molecular formula is C29H34N8O4. The molecule has 1 fully saturated rings. The zero-order valence-corrected chi connectivity index (χ0v) is 23.8.